The average molecular weight is 236 g/mol. The van der Waals surface area contributed by atoms with Crippen LogP contribution in [0.15, 0.2) is 0 Å². The minimum absolute atomic E-state index is 0.0477. The number of amides is 1. The summed E-state index contributed by atoms with van der Waals surface area (Å²) in [5.41, 5.74) is -0.155. The first-order valence-electron chi connectivity index (χ1n) is 4.81. The summed E-state index contributed by atoms with van der Waals surface area (Å²) in [6.07, 6.45) is 0.0477. The fraction of sp³-hybridized carbons (Fsp3) is 0.800. The Labute approximate surface area is 95.0 Å². The molecule has 4 nitrogen and oxygen atoms in total. The van der Waals surface area contributed by atoms with Crippen LogP contribution in [0.1, 0.15) is 27.2 Å². The Kier molecular flexibility index (Phi) is 5.65. The molecule has 15 heavy (non-hydrogen) atoms. The van der Waals surface area contributed by atoms with Crippen LogP contribution in [0.2, 0.25) is 0 Å². The third kappa shape index (κ3) is 6.33. The van der Waals surface area contributed by atoms with E-state index in [9.17, 15) is 9.59 Å². The van der Waals surface area contributed by atoms with Crippen LogP contribution in [-0.4, -0.2) is 29.4 Å². The van der Waals surface area contributed by atoms with Gasteiger partial charge in [-0.05, 0) is 11.3 Å². The first kappa shape index (κ1) is 14.2. The molecule has 0 aromatic heterocycles. The Morgan fingerprint density at radius 3 is 2.27 bits per heavy atom. The molecule has 0 aromatic carbocycles. The molecule has 0 spiro atoms. The summed E-state index contributed by atoms with van der Waals surface area (Å²) in [6, 6.07) is 0. The lowest BCUT2D eigenvalue weighted by atomic mass is 9.78. The highest BCUT2D eigenvalue weighted by Crippen LogP contribution is 2.28. The van der Waals surface area contributed by atoms with E-state index in [1.807, 2.05) is 20.8 Å². The highest BCUT2D eigenvalue weighted by atomic mass is 35.5. The Morgan fingerprint density at radius 1 is 1.40 bits per heavy atom. The molecule has 0 aliphatic rings. The third-order valence-corrected chi connectivity index (χ3v) is 2.56. The predicted octanol–water partition coefficient (Wildman–Crippen LogP) is 1.48. The number of nitrogens with one attached hydrogen (secondary N) is 1. The molecule has 0 saturated heterocycles. The summed E-state index contributed by atoms with van der Waals surface area (Å²) >= 11 is 5.33. The molecule has 0 bridgehead atoms. The summed E-state index contributed by atoms with van der Waals surface area (Å²) < 4.78 is 0. The minimum atomic E-state index is -0.852. The molecule has 2 N–H and O–H groups in total. The number of aliphatic carboxylic acids is 1. The highest BCUT2D eigenvalue weighted by Gasteiger charge is 2.27. The molecule has 1 amide bonds. The van der Waals surface area contributed by atoms with Crippen LogP contribution >= 0.6 is 11.6 Å². The van der Waals surface area contributed by atoms with E-state index in [1.165, 1.54) is 0 Å². The van der Waals surface area contributed by atoms with Crippen LogP contribution in [0.25, 0.3) is 0 Å². The van der Waals surface area contributed by atoms with Gasteiger partial charge in [-0.15, -0.1) is 11.6 Å². The van der Waals surface area contributed by atoms with E-state index < -0.39 is 5.97 Å². The van der Waals surface area contributed by atoms with Crippen LogP contribution in [0.5, 0.6) is 0 Å². The Bertz CT molecular complexity index is 235. The van der Waals surface area contributed by atoms with Gasteiger partial charge in [-0.25, -0.2) is 0 Å². The second kappa shape index (κ2) is 5.95. The second-order valence-electron chi connectivity index (χ2n) is 4.60. The predicted molar refractivity (Wildman–Crippen MR) is 58.9 cm³/mol. The number of alkyl halides is 1. The summed E-state index contributed by atoms with van der Waals surface area (Å²) in [6.45, 7) is 6.20. The van der Waals surface area contributed by atoms with Crippen molar-refractivity contribution in [3.63, 3.8) is 0 Å². The maximum absolute atomic E-state index is 10.9. The van der Waals surface area contributed by atoms with Crippen molar-refractivity contribution >= 4 is 23.5 Å². The number of carboxylic acid groups (broad SMARTS) is 1. The van der Waals surface area contributed by atoms with Gasteiger partial charge in [0.15, 0.2) is 0 Å². The van der Waals surface area contributed by atoms with Crippen molar-refractivity contribution in [3.8, 4) is 0 Å². The van der Waals surface area contributed by atoms with Crippen LogP contribution in [0.3, 0.4) is 0 Å². The normalized spacial score (nSPS) is 13.3. The molecule has 0 rings (SSSR count). The van der Waals surface area contributed by atoms with Crippen LogP contribution in [-0.2, 0) is 9.59 Å². The number of hydrogen-bond acceptors (Lipinski definition) is 2. The molecule has 1 unspecified atom stereocenters. The third-order valence-electron chi connectivity index (χ3n) is 2.31. The van der Waals surface area contributed by atoms with Crippen LogP contribution < -0.4 is 5.32 Å². The molecule has 88 valence electrons. The summed E-state index contributed by atoms with van der Waals surface area (Å²) in [5.74, 6) is -1.31. The van der Waals surface area contributed by atoms with Crippen molar-refractivity contribution in [2.75, 3.05) is 12.4 Å². The van der Waals surface area contributed by atoms with Crippen LogP contribution in [0, 0.1) is 11.3 Å². The molecule has 0 heterocycles. The molecule has 5 heteroatoms. The summed E-state index contributed by atoms with van der Waals surface area (Å²) in [7, 11) is 0. The minimum Gasteiger partial charge on any atom is -0.481 e. The zero-order chi connectivity index (χ0) is 12.1. The zero-order valence-corrected chi connectivity index (χ0v) is 10.1. The number of carboxylic acids is 1. The van der Waals surface area contributed by atoms with Gasteiger partial charge in [-0.3, -0.25) is 9.59 Å². The van der Waals surface area contributed by atoms with E-state index in [4.69, 9.17) is 16.7 Å². The molecular formula is C10H18ClNO3. The van der Waals surface area contributed by atoms with Gasteiger partial charge >= 0.3 is 5.97 Å². The van der Waals surface area contributed by atoms with Crippen molar-refractivity contribution in [3.05, 3.63) is 0 Å². The highest BCUT2D eigenvalue weighted by molar-refractivity contribution is 6.27. The summed E-state index contributed by atoms with van der Waals surface area (Å²) in [5, 5.41) is 11.3. The van der Waals surface area contributed by atoms with E-state index in [0.29, 0.717) is 6.54 Å². The molecule has 0 saturated carbocycles. The lowest BCUT2D eigenvalue weighted by Gasteiger charge is -2.29. The van der Waals surface area contributed by atoms with Gasteiger partial charge in [0.2, 0.25) is 5.91 Å². The number of carbonyl (C=O) groups excluding carboxylic acids is 1. The van der Waals surface area contributed by atoms with Crippen molar-refractivity contribution in [1.29, 1.82) is 0 Å². The van der Waals surface area contributed by atoms with E-state index in [0.717, 1.165) is 0 Å². The van der Waals surface area contributed by atoms with E-state index >= 15 is 0 Å². The van der Waals surface area contributed by atoms with Gasteiger partial charge in [-0.2, -0.15) is 0 Å². The molecule has 0 aromatic rings. The number of rotatable bonds is 5. The Morgan fingerprint density at radius 2 is 1.93 bits per heavy atom. The second-order valence-corrected chi connectivity index (χ2v) is 4.87. The fourth-order valence-electron chi connectivity index (χ4n) is 1.18. The van der Waals surface area contributed by atoms with E-state index in [2.05, 4.69) is 5.32 Å². The molecule has 0 radical (unpaired) electrons. The van der Waals surface area contributed by atoms with Crippen molar-refractivity contribution in [2.24, 2.45) is 11.3 Å². The monoisotopic (exact) mass is 235 g/mol. The van der Waals surface area contributed by atoms with E-state index in [-0.39, 0.29) is 29.5 Å². The SMILES string of the molecule is CC(C)(C)C(CNC(=O)CCl)CC(=O)O. The average Bonchev–Trinajstić information content (AvgIpc) is 2.09. The first-order chi connectivity index (χ1) is 6.77. The molecule has 0 aliphatic heterocycles. The standard InChI is InChI=1S/C10H18ClNO3/c1-10(2,3)7(4-9(14)15)6-12-8(13)5-11/h7H,4-6H2,1-3H3,(H,12,13)(H,14,15). The van der Waals surface area contributed by atoms with Gasteiger partial charge in [-0.1, -0.05) is 20.8 Å². The topological polar surface area (TPSA) is 66.4 Å². The smallest absolute Gasteiger partial charge is 0.303 e. The number of carbonyl (C=O) groups is 2. The lowest BCUT2D eigenvalue weighted by Crippen LogP contribution is -2.37. The maximum Gasteiger partial charge on any atom is 0.303 e. The van der Waals surface area contributed by atoms with Crippen molar-refractivity contribution < 1.29 is 14.7 Å². The summed E-state index contributed by atoms with van der Waals surface area (Å²) in [4.78, 5) is 21.6. The fourth-order valence-corrected chi connectivity index (χ4v) is 1.27. The van der Waals surface area contributed by atoms with Crippen molar-refractivity contribution in [2.45, 2.75) is 27.2 Å². The molecule has 0 fully saturated rings. The zero-order valence-electron chi connectivity index (χ0n) is 9.34. The van der Waals surface area contributed by atoms with Gasteiger partial charge in [0.25, 0.3) is 0 Å². The largest absolute Gasteiger partial charge is 0.481 e. The van der Waals surface area contributed by atoms with E-state index in [1.54, 1.807) is 0 Å². The lowest BCUT2D eigenvalue weighted by molar-refractivity contribution is -0.139. The Hall–Kier alpha value is -0.770. The molecular weight excluding hydrogens is 218 g/mol. The van der Waals surface area contributed by atoms with Gasteiger partial charge in [0.05, 0.1) is 6.42 Å². The number of hydrogen-bond donors (Lipinski definition) is 2. The van der Waals surface area contributed by atoms with Crippen molar-refractivity contribution in [1.82, 2.24) is 5.32 Å². The maximum atomic E-state index is 10.9. The van der Waals surface area contributed by atoms with Crippen LogP contribution in [0.4, 0.5) is 0 Å². The van der Waals surface area contributed by atoms with Gasteiger partial charge in [0, 0.05) is 6.54 Å². The van der Waals surface area contributed by atoms with Gasteiger partial charge in [0.1, 0.15) is 5.88 Å². The molecule has 1 atom stereocenters. The number of halogens is 1. The quantitative estimate of drug-likeness (QED) is 0.710. The molecule has 0 aliphatic carbocycles. The first-order valence-corrected chi connectivity index (χ1v) is 5.35. The van der Waals surface area contributed by atoms with Gasteiger partial charge < -0.3 is 10.4 Å². The Balaban J connectivity index is 4.26.